The van der Waals surface area contributed by atoms with Crippen molar-refractivity contribution in [2.24, 2.45) is 0 Å². The molecule has 0 bridgehead atoms. The molecule has 0 saturated heterocycles. The Morgan fingerprint density at radius 1 is 0.212 bits per heavy atom. The van der Waals surface area contributed by atoms with Gasteiger partial charge in [-0.1, -0.05) is 158 Å². The van der Waals surface area contributed by atoms with Gasteiger partial charge in [0.15, 0.2) is 11.4 Å². The molecule has 20 aromatic carbocycles. The number of hydrogen-bond donors (Lipinski definition) is 0. The van der Waals surface area contributed by atoms with Gasteiger partial charge < -0.3 is 19.6 Å². The Bertz CT molecular complexity index is 8030. The summed E-state index contributed by atoms with van der Waals surface area (Å²) < 4.78 is 129. The van der Waals surface area contributed by atoms with Gasteiger partial charge in [0, 0.05) is 102 Å². The minimum Gasteiger partial charge on any atom is -0.307 e. The van der Waals surface area contributed by atoms with Crippen LogP contribution in [0.3, 0.4) is 0 Å². The highest BCUT2D eigenvalue weighted by atomic mass is 19.2. The predicted octanol–water partition coefficient (Wildman–Crippen LogP) is 31.2. The Balaban J connectivity index is 0.000000170. The maximum Gasteiger partial charge on any atom is 0.187 e. The SMILES string of the molecule is [C-]#[N+]c1ccc(N(c2cc(-c3cccc(C#N)c3)c(F)cc2F)c2ccc3ccc4c(N(c5ccc(C#N)cc5)c5cc(-c6cccc(C#N)c6)c(F)cc5F)ccc5ccc2c3c54)cc1.[C-]#[N+]c1ccc(N(c2cc(-c3ccccc3C#N)c(F)cc2F)c2ccc3ccc4c(N(c5ccc(C#N)cc5)c5cc(-c6ccccc6C#N)c(F)cc5F)ccc5ccc2c3c54)cc1. The van der Waals surface area contributed by atoms with Crippen LogP contribution in [0.2, 0.25) is 0 Å². The average Bonchev–Trinajstić information content (AvgIpc) is 0.720. The van der Waals surface area contributed by atoms with Crippen LogP contribution in [0.15, 0.2) is 340 Å². The molecule has 0 fully saturated rings. The second-order valence-corrected chi connectivity index (χ2v) is 30.9. The molecule has 132 heavy (non-hydrogen) atoms. The molecule has 0 amide bonds. The number of rotatable bonds is 16. The summed E-state index contributed by atoms with van der Waals surface area (Å²) in [6, 6.07) is 104. The summed E-state index contributed by atoms with van der Waals surface area (Å²) in [6.45, 7) is 15.2. The summed E-state index contributed by atoms with van der Waals surface area (Å²) in [5.41, 5.74) is 7.95. The Hall–Kier alpha value is -19.0. The highest BCUT2D eigenvalue weighted by molar-refractivity contribution is 6.30. The fraction of sp³-hybridized carbons (Fsp3) is 0. The third-order valence-electron chi connectivity index (χ3n) is 23.6. The largest absolute Gasteiger partial charge is 0.307 e. The molecule has 0 spiro atoms. The van der Waals surface area contributed by atoms with Crippen molar-refractivity contribution in [3.63, 3.8) is 0 Å². The molecule has 0 radical (unpaired) electrons. The lowest BCUT2D eigenvalue weighted by Crippen LogP contribution is -2.14. The molecular formula is C112H56F8N12. The van der Waals surface area contributed by atoms with E-state index < -0.39 is 46.5 Å². The van der Waals surface area contributed by atoms with Crippen LogP contribution < -0.4 is 19.6 Å². The highest BCUT2D eigenvalue weighted by Gasteiger charge is 2.31. The maximum absolute atomic E-state index is 16.6. The molecule has 0 aromatic heterocycles. The van der Waals surface area contributed by atoms with Crippen LogP contribution >= 0.6 is 0 Å². The van der Waals surface area contributed by atoms with Crippen LogP contribution in [0.1, 0.15) is 33.4 Å². The third kappa shape index (κ3) is 14.6. The molecular weight excluding hydrogens is 1670 g/mol. The fourth-order valence-electron chi connectivity index (χ4n) is 17.5. The second kappa shape index (κ2) is 34.2. The van der Waals surface area contributed by atoms with Gasteiger partial charge in [0.1, 0.15) is 46.5 Å². The van der Waals surface area contributed by atoms with Gasteiger partial charge >= 0.3 is 0 Å². The fourth-order valence-corrected chi connectivity index (χ4v) is 17.5. The van der Waals surface area contributed by atoms with Crippen molar-refractivity contribution in [3.05, 3.63) is 442 Å². The predicted molar refractivity (Wildman–Crippen MR) is 501 cm³/mol. The second-order valence-electron chi connectivity index (χ2n) is 30.9. The first-order valence-corrected chi connectivity index (χ1v) is 40.9. The van der Waals surface area contributed by atoms with Crippen molar-refractivity contribution < 1.29 is 35.1 Å². The highest BCUT2D eigenvalue weighted by Crippen LogP contribution is 2.54. The molecule has 0 saturated carbocycles. The van der Waals surface area contributed by atoms with E-state index in [0.29, 0.717) is 112 Å². The van der Waals surface area contributed by atoms with Crippen LogP contribution in [0.5, 0.6) is 0 Å². The standard InChI is InChI=1S/2C56H28F4N6/c1-64-40-14-18-42(19-15-40)66(54-27-46(48(58)29-50(54)60)39-7-3-5-35(25-39)32-63)52-23-13-37-10-20-43-51(22-12-36-11-21-44(52)56(37)55(36)43)65(41-16-8-33(30-61)9-17-41)53-26-45(47(57)28-49(53)59)38-6-2-4-34(24-38)31-62;1-64-38-16-20-40(21-17-38)66(54-27-46(48(58)29-50(54)60)42-9-5-3-7-37(42)32-63)52-25-15-35-12-22-43-51(24-14-34-13-23-44(52)56(35)55(34)43)65(39-18-10-33(30-61)11-19-39)53-26-45(47(57)28-49(53)59)41-8-4-2-6-36(41)31-62/h2*2-29H. The van der Waals surface area contributed by atoms with E-state index in [0.717, 1.165) is 67.4 Å². The van der Waals surface area contributed by atoms with Gasteiger partial charge in [-0.15, -0.1) is 0 Å². The molecule has 0 aliphatic rings. The number of nitriles is 6. The van der Waals surface area contributed by atoms with Crippen molar-refractivity contribution in [2.75, 3.05) is 19.6 Å². The Morgan fingerprint density at radius 2 is 0.477 bits per heavy atom. The summed E-state index contributed by atoms with van der Waals surface area (Å²) in [5.74, 6) is -6.79. The molecule has 0 heterocycles. The summed E-state index contributed by atoms with van der Waals surface area (Å²) in [4.78, 5) is 13.7. The summed E-state index contributed by atoms with van der Waals surface area (Å²) in [5, 5.41) is 67.6. The molecule has 12 nitrogen and oxygen atoms in total. The summed E-state index contributed by atoms with van der Waals surface area (Å²) >= 11 is 0. The molecule has 0 N–H and O–H groups in total. The van der Waals surface area contributed by atoms with Crippen molar-refractivity contribution >= 4 is 144 Å². The molecule has 20 rings (SSSR count). The van der Waals surface area contributed by atoms with Gasteiger partial charge in [0.05, 0.1) is 128 Å². The van der Waals surface area contributed by atoms with E-state index in [1.807, 2.05) is 97.1 Å². The number of benzene rings is 20. The van der Waals surface area contributed by atoms with E-state index >= 15 is 35.1 Å². The van der Waals surface area contributed by atoms with E-state index in [4.69, 9.17) is 13.1 Å². The molecule has 0 aliphatic carbocycles. The van der Waals surface area contributed by atoms with E-state index in [1.165, 1.54) is 36.4 Å². The van der Waals surface area contributed by atoms with Gasteiger partial charge in [-0.2, -0.15) is 31.6 Å². The minimum absolute atomic E-state index is 0.00567. The molecule has 620 valence electrons. The Labute approximate surface area is 749 Å². The van der Waals surface area contributed by atoms with E-state index in [1.54, 1.807) is 202 Å². The van der Waals surface area contributed by atoms with Gasteiger partial charge in [-0.3, -0.25) is 0 Å². The molecule has 20 heteroatoms. The van der Waals surface area contributed by atoms with Crippen molar-refractivity contribution in [3.8, 4) is 80.9 Å². The van der Waals surface area contributed by atoms with Crippen molar-refractivity contribution in [1.82, 2.24) is 0 Å². The van der Waals surface area contributed by atoms with Crippen LogP contribution in [0, 0.1) is 128 Å². The quantitative estimate of drug-likeness (QED) is 0.0516. The lowest BCUT2D eigenvalue weighted by molar-refractivity contribution is 0.586. The Kier molecular flexibility index (Phi) is 21.4. The smallest absolute Gasteiger partial charge is 0.187 e. The normalized spacial score (nSPS) is 11.0. The first-order chi connectivity index (χ1) is 64.4. The van der Waals surface area contributed by atoms with Gasteiger partial charge in [0.2, 0.25) is 0 Å². The molecule has 0 atom stereocenters. The number of halogens is 8. The zero-order valence-corrected chi connectivity index (χ0v) is 68.7. The van der Waals surface area contributed by atoms with Crippen LogP contribution in [0.4, 0.5) is 115 Å². The first kappa shape index (κ1) is 82.6. The minimum atomic E-state index is -0.874. The third-order valence-corrected chi connectivity index (χ3v) is 23.6. The summed E-state index contributed by atoms with van der Waals surface area (Å²) in [7, 11) is 0. The van der Waals surface area contributed by atoms with Gasteiger partial charge in [-0.25, -0.2) is 44.8 Å². The number of nitrogens with zero attached hydrogens (tertiary/aromatic N) is 12. The zero-order valence-electron chi connectivity index (χ0n) is 68.7. The molecule has 0 unspecified atom stereocenters. The topological polar surface area (TPSA) is 164 Å². The number of anilines is 12. The monoisotopic (exact) mass is 1720 g/mol. The van der Waals surface area contributed by atoms with E-state index in [-0.39, 0.29) is 67.3 Å². The summed E-state index contributed by atoms with van der Waals surface area (Å²) in [6.07, 6.45) is 0. The average molecular weight is 1720 g/mol. The maximum atomic E-state index is 16.6. The van der Waals surface area contributed by atoms with Crippen LogP contribution in [-0.4, -0.2) is 0 Å². The molecule has 20 aromatic rings. The van der Waals surface area contributed by atoms with Crippen molar-refractivity contribution in [1.29, 1.82) is 31.6 Å². The lowest BCUT2D eigenvalue weighted by atomic mass is 9.91. The van der Waals surface area contributed by atoms with E-state index in [2.05, 4.69) is 46.1 Å². The molecule has 0 aliphatic heterocycles. The Morgan fingerprint density at radius 3 is 0.758 bits per heavy atom. The first-order valence-electron chi connectivity index (χ1n) is 40.9. The zero-order chi connectivity index (χ0) is 91.3. The van der Waals surface area contributed by atoms with Gasteiger partial charge in [-0.05, 0) is 212 Å². The van der Waals surface area contributed by atoms with Crippen LogP contribution in [-0.2, 0) is 0 Å². The van der Waals surface area contributed by atoms with E-state index in [9.17, 15) is 31.6 Å². The van der Waals surface area contributed by atoms with Crippen molar-refractivity contribution in [2.45, 2.75) is 0 Å². The number of hydrogen-bond acceptors (Lipinski definition) is 10. The van der Waals surface area contributed by atoms with Gasteiger partial charge in [0.25, 0.3) is 0 Å². The van der Waals surface area contributed by atoms with Crippen LogP contribution in [0.25, 0.3) is 119 Å². The lowest BCUT2D eigenvalue weighted by Gasteiger charge is -2.30.